The zero-order valence-electron chi connectivity index (χ0n) is 17.9. The topological polar surface area (TPSA) is 39.2 Å². The smallest absolute Gasteiger partial charge is 0.321 e. The highest BCUT2D eigenvalue weighted by atomic mass is 35.5. The average Bonchev–Trinajstić information content (AvgIpc) is 3.11. The van der Waals surface area contributed by atoms with Crippen molar-refractivity contribution in [2.45, 2.75) is 58.5 Å². The molecule has 0 radical (unpaired) electrons. The molecule has 30 heavy (non-hydrogen) atoms. The van der Waals surface area contributed by atoms with E-state index in [4.69, 9.17) is 16.3 Å². The predicted molar refractivity (Wildman–Crippen MR) is 120 cm³/mol. The lowest BCUT2D eigenvalue weighted by Gasteiger charge is -2.56. The van der Waals surface area contributed by atoms with Crippen LogP contribution in [-0.2, 0) is 9.53 Å². The lowest BCUT2D eigenvalue weighted by molar-refractivity contribution is -0.147. The van der Waals surface area contributed by atoms with Gasteiger partial charge >= 0.3 is 5.97 Å². The van der Waals surface area contributed by atoms with Gasteiger partial charge < -0.3 is 4.74 Å². The SMILES string of the molecule is C[C@]12CC[C@H]3[C@@H](CC=C4C[C@@H](OC(=O)CCl)CC[C@@]43C)C1=CC=C2c1cccnc1. The van der Waals surface area contributed by atoms with Crippen molar-refractivity contribution < 1.29 is 9.53 Å². The van der Waals surface area contributed by atoms with Gasteiger partial charge in [-0.3, -0.25) is 9.78 Å². The molecule has 0 saturated heterocycles. The fourth-order valence-corrected chi connectivity index (χ4v) is 6.95. The summed E-state index contributed by atoms with van der Waals surface area (Å²) in [6.07, 6.45) is 17.5. The monoisotopic (exact) mass is 423 g/mol. The molecule has 4 heteroatoms. The van der Waals surface area contributed by atoms with E-state index in [1.54, 1.807) is 5.57 Å². The maximum Gasteiger partial charge on any atom is 0.321 e. The first-order valence-electron chi connectivity index (χ1n) is 11.2. The molecule has 0 N–H and O–H groups in total. The fourth-order valence-electron chi connectivity index (χ4n) is 6.89. The first kappa shape index (κ1) is 20.1. The molecular weight excluding hydrogens is 394 g/mol. The fraction of sp³-hybridized carbons (Fsp3) is 0.538. The van der Waals surface area contributed by atoms with Crippen molar-refractivity contribution >= 4 is 23.1 Å². The van der Waals surface area contributed by atoms with Crippen LogP contribution in [0.5, 0.6) is 0 Å². The number of esters is 1. The van der Waals surface area contributed by atoms with E-state index in [1.165, 1.54) is 29.6 Å². The molecule has 3 nitrogen and oxygen atoms in total. The van der Waals surface area contributed by atoms with Gasteiger partial charge in [-0.1, -0.05) is 49.3 Å². The van der Waals surface area contributed by atoms with Crippen LogP contribution in [0.1, 0.15) is 57.9 Å². The van der Waals surface area contributed by atoms with Crippen molar-refractivity contribution in [1.29, 1.82) is 0 Å². The minimum Gasteiger partial charge on any atom is -0.461 e. The quantitative estimate of drug-likeness (QED) is 0.334. The standard InChI is InChI=1S/C26H30ClNO2/c1-25-11-9-19(30-24(29)15-27)14-18(25)5-6-20-22-8-7-21(17-4-3-13-28-16-17)26(22,2)12-10-23(20)25/h3-5,7-8,13,16,19-20,23H,6,9-12,14-15H2,1-2H3/t19-,20-,23-,25-,26+/m0/s1. The van der Waals surface area contributed by atoms with Crippen LogP contribution in [0.4, 0.5) is 0 Å². The molecule has 5 atom stereocenters. The summed E-state index contributed by atoms with van der Waals surface area (Å²) in [5.74, 6) is 0.919. The molecule has 2 fully saturated rings. The zero-order valence-corrected chi connectivity index (χ0v) is 18.6. The number of fused-ring (bicyclic) bond motifs is 5. The van der Waals surface area contributed by atoms with Crippen LogP contribution in [0.2, 0.25) is 0 Å². The molecule has 2 saturated carbocycles. The minimum absolute atomic E-state index is 0.00877. The number of halogens is 1. The summed E-state index contributed by atoms with van der Waals surface area (Å²) in [6.45, 7) is 4.90. The van der Waals surface area contributed by atoms with E-state index in [9.17, 15) is 4.79 Å². The molecule has 1 aromatic heterocycles. The summed E-state index contributed by atoms with van der Waals surface area (Å²) in [5, 5.41) is 0. The molecule has 1 aromatic rings. The van der Waals surface area contributed by atoms with Crippen molar-refractivity contribution in [3.05, 3.63) is 59.5 Å². The number of pyridine rings is 1. The largest absolute Gasteiger partial charge is 0.461 e. The van der Waals surface area contributed by atoms with Gasteiger partial charge in [0.1, 0.15) is 12.0 Å². The van der Waals surface area contributed by atoms with Gasteiger partial charge in [-0.2, -0.15) is 0 Å². The van der Waals surface area contributed by atoms with E-state index < -0.39 is 0 Å². The Morgan fingerprint density at radius 2 is 2.13 bits per heavy atom. The van der Waals surface area contributed by atoms with Crippen molar-refractivity contribution in [3.8, 4) is 0 Å². The summed E-state index contributed by atoms with van der Waals surface area (Å²) in [4.78, 5) is 16.0. The normalized spacial score (nSPS) is 37.2. The molecule has 0 spiro atoms. The van der Waals surface area contributed by atoms with Crippen LogP contribution in [0.15, 0.2) is 53.9 Å². The van der Waals surface area contributed by atoms with Gasteiger partial charge in [0.2, 0.25) is 0 Å². The number of hydrogen-bond acceptors (Lipinski definition) is 3. The number of nitrogens with zero attached hydrogens (tertiary/aromatic N) is 1. The number of ether oxygens (including phenoxy) is 1. The number of carbonyl (C=O) groups is 1. The second-order valence-electron chi connectivity index (χ2n) is 9.90. The second kappa shape index (κ2) is 7.37. The Morgan fingerprint density at radius 3 is 2.90 bits per heavy atom. The maximum atomic E-state index is 11.7. The van der Waals surface area contributed by atoms with Gasteiger partial charge in [-0.15, -0.1) is 11.6 Å². The molecule has 0 bridgehead atoms. The molecule has 0 unspecified atom stereocenters. The van der Waals surface area contributed by atoms with Gasteiger partial charge in [0, 0.05) is 24.2 Å². The van der Waals surface area contributed by atoms with Gasteiger partial charge in [0.05, 0.1) is 0 Å². The van der Waals surface area contributed by atoms with Crippen LogP contribution in [0, 0.1) is 22.7 Å². The molecule has 0 amide bonds. The molecular formula is C26H30ClNO2. The number of aromatic nitrogens is 1. The summed E-state index contributed by atoms with van der Waals surface area (Å²) < 4.78 is 5.58. The van der Waals surface area contributed by atoms with Crippen molar-refractivity contribution in [2.24, 2.45) is 22.7 Å². The summed E-state index contributed by atoms with van der Waals surface area (Å²) in [6, 6.07) is 4.23. The number of rotatable bonds is 3. The third kappa shape index (κ3) is 3.00. The van der Waals surface area contributed by atoms with Gasteiger partial charge in [0.25, 0.3) is 0 Å². The number of alkyl halides is 1. The van der Waals surface area contributed by atoms with E-state index in [-0.39, 0.29) is 28.8 Å². The zero-order chi connectivity index (χ0) is 20.9. The van der Waals surface area contributed by atoms with Crippen LogP contribution in [0.3, 0.4) is 0 Å². The van der Waals surface area contributed by atoms with E-state index >= 15 is 0 Å². The first-order valence-corrected chi connectivity index (χ1v) is 11.8. The number of carbonyl (C=O) groups excluding carboxylic acids is 1. The molecule has 5 rings (SSSR count). The summed E-state index contributed by atoms with van der Waals surface area (Å²) >= 11 is 5.64. The minimum atomic E-state index is -0.293. The number of allylic oxidation sites excluding steroid dienone is 5. The average molecular weight is 424 g/mol. The number of hydrogen-bond donors (Lipinski definition) is 0. The lowest BCUT2D eigenvalue weighted by Crippen LogP contribution is -2.47. The Morgan fingerprint density at radius 1 is 1.27 bits per heavy atom. The second-order valence-corrected chi connectivity index (χ2v) is 10.2. The predicted octanol–water partition coefficient (Wildman–Crippen LogP) is 6.11. The van der Waals surface area contributed by atoms with Crippen molar-refractivity contribution in [2.75, 3.05) is 5.88 Å². The highest BCUT2D eigenvalue weighted by Gasteiger charge is 2.54. The van der Waals surface area contributed by atoms with E-state index in [1.807, 2.05) is 18.5 Å². The molecule has 4 aliphatic rings. The summed E-state index contributed by atoms with van der Waals surface area (Å²) in [7, 11) is 0. The van der Waals surface area contributed by atoms with Gasteiger partial charge in [0.15, 0.2) is 0 Å². The Hall–Kier alpha value is -1.87. The molecule has 1 heterocycles. The molecule has 4 aliphatic carbocycles. The van der Waals surface area contributed by atoms with E-state index in [0.29, 0.717) is 11.8 Å². The van der Waals surface area contributed by atoms with Crippen LogP contribution < -0.4 is 0 Å². The third-order valence-electron chi connectivity index (χ3n) is 8.48. The Kier molecular flexibility index (Phi) is 4.93. The van der Waals surface area contributed by atoms with Crippen LogP contribution in [-0.4, -0.2) is 22.9 Å². The van der Waals surface area contributed by atoms with Crippen molar-refractivity contribution in [3.63, 3.8) is 0 Å². The van der Waals surface area contributed by atoms with Crippen molar-refractivity contribution in [1.82, 2.24) is 4.98 Å². The Labute approximate surface area is 184 Å². The highest BCUT2D eigenvalue weighted by molar-refractivity contribution is 6.26. The highest BCUT2D eigenvalue weighted by Crippen LogP contribution is 2.64. The van der Waals surface area contributed by atoms with E-state index in [2.05, 4.69) is 43.1 Å². The first-order chi connectivity index (χ1) is 14.5. The third-order valence-corrected chi connectivity index (χ3v) is 8.70. The lowest BCUT2D eigenvalue weighted by atomic mass is 9.49. The molecule has 0 aromatic carbocycles. The van der Waals surface area contributed by atoms with E-state index in [0.717, 1.165) is 25.7 Å². The van der Waals surface area contributed by atoms with Gasteiger partial charge in [-0.25, -0.2) is 0 Å². The Bertz CT molecular complexity index is 949. The van der Waals surface area contributed by atoms with Crippen LogP contribution >= 0.6 is 11.6 Å². The van der Waals surface area contributed by atoms with Crippen LogP contribution in [0.25, 0.3) is 5.57 Å². The van der Waals surface area contributed by atoms with Gasteiger partial charge in [-0.05, 0) is 66.6 Å². The maximum absolute atomic E-state index is 11.7. The summed E-state index contributed by atoms with van der Waals surface area (Å²) in [5.41, 5.74) is 6.14. The molecule has 0 aliphatic heterocycles. The Balaban J connectivity index is 1.40. The molecule has 158 valence electrons.